The van der Waals surface area contributed by atoms with E-state index in [1.165, 1.54) is 23.9 Å². The topological polar surface area (TPSA) is 59.8 Å². The number of hydrogen-bond donors (Lipinski definition) is 1. The number of hydrogen-bond acceptors (Lipinski definition) is 4. The van der Waals surface area contributed by atoms with Crippen LogP contribution in [0.25, 0.3) is 0 Å². The first-order chi connectivity index (χ1) is 13.3. The van der Waals surface area contributed by atoms with Crippen LogP contribution in [0.4, 0.5) is 5.69 Å². The molecule has 0 aliphatic rings. The standard InChI is InChI=1S/C19H17Cl3N4OS/c1-11(18(27)23-17-15(21)8-14(20)9-16(17)22)28-19-25-24-12(2)26(19)10-13-6-4-3-5-7-13/h3-9,11H,10H2,1-2H3,(H,23,27). The minimum atomic E-state index is -0.444. The first-order valence-electron chi connectivity index (χ1n) is 8.41. The molecule has 3 rings (SSSR count). The smallest absolute Gasteiger partial charge is 0.237 e. The Morgan fingerprint density at radius 2 is 1.79 bits per heavy atom. The van der Waals surface area contributed by atoms with Crippen molar-refractivity contribution >= 4 is 58.2 Å². The SMILES string of the molecule is Cc1nnc(SC(C)C(=O)Nc2c(Cl)cc(Cl)cc2Cl)n1Cc1ccccc1. The van der Waals surface area contributed by atoms with Gasteiger partial charge >= 0.3 is 0 Å². The van der Waals surface area contributed by atoms with Crippen LogP contribution in [0.5, 0.6) is 0 Å². The summed E-state index contributed by atoms with van der Waals surface area (Å²) in [7, 11) is 0. The third-order valence-electron chi connectivity index (χ3n) is 3.99. The molecule has 0 fully saturated rings. The van der Waals surface area contributed by atoms with Gasteiger partial charge in [0.1, 0.15) is 5.82 Å². The Hall–Kier alpha value is -1.73. The van der Waals surface area contributed by atoms with Crippen molar-refractivity contribution in [3.8, 4) is 0 Å². The molecule has 5 nitrogen and oxygen atoms in total. The van der Waals surface area contributed by atoms with E-state index >= 15 is 0 Å². The van der Waals surface area contributed by atoms with E-state index in [0.29, 0.717) is 22.4 Å². The summed E-state index contributed by atoms with van der Waals surface area (Å²) in [6.45, 7) is 4.30. The van der Waals surface area contributed by atoms with Crippen LogP contribution in [-0.2, 0) is 11.3 Å². The second-order valence-corrected chi connectivity index (χ2v) is 8.65. The van der Waals surface area contributed by atoms with E-state index in [2.05, 4.69) is 15.5 Å². The average Bonchev–Trinajstić information content (AvgIpc) is 2.98. The predicted molar refractivity (Wildman–Crippen MR) is 116 cm³/mol. The van der Waals surface area contributed by atoms with Crippen molar-refractivity contribution < 1.29 is 4.79 Å². The fourth-order valence-electron chi connectivity index (χ4n) is 2.49. The van der Waals surface area contributed by atoms with Crippen molar-refractivity contribution in [2.24, 2.45) is 0 Å². The molecule has 1 atom stereocenters. The summed E-state index contributed by atoms with van der Waals surface area (Å²) in [5.74, 6) is 0.533. The molecule has 0 saturated heterocycles. The molecular formula is C19H17Cl3N4OS. The number of aryl methyl sites for hydroxylation is 1. The molecule has 0 saturated carbocycles. The van der Waals surface area contributed by atoms with Crippen molar-refractivity contribution in [3.05, 3.63) is 68.9 Å². The molecule has 2 aromatic carbocycles. The molecule has 1 unspecified atom stereocenters. The summed E-state index contributed by atoms with van der Waals surface area (Å²) in [5.41, 5.74) is 1.47. The Balaban J connectivity index is 1.73. The zero-order valence-corrected chi connectivity index (χ0v) is 18.2. The molecule has 0 bridgehead atoms. The van der Waals surface area contributed by atoms with E-state index < -0.39 is 5.25 Å². The highest BCUT2D eigenvalue weighted by molar-refractivity contribution is 8.00. The maximum Gasteiger partial charge on any atom is 0.237 e. The Bertz CT molecular complexity index is 971. The molecular weight excluding hydrogens is 439 g/mol. The van der Waals surface area contributed by atoms with Crippen LogP contribution < -0.4 is 5.32 Å². The Morgan fingerprint density at radius 3 is 2.43 bits per heavy atom. The molecule has 1 amide bonds. The lowest BCUT2D eigenvalue weighted by atomic mass is 10.2. The van der Waals surface area contributed by atoms with E-state index in [9.17, 15) is 4.79 Å². The van der Waals surface area contributed by atoms with E-state index in [4.69, 9.17) is 34.8 Å². The summed E-state index contributed by atoms with van der Waals surface area (Å²) in [5, 5.41) is 12.3. The molecule has 0 aliphatic heterocycles. The van der Waals surface area contributed by atoms with Crippen LogP contribution in [0.1, 0.15) is 18.3 Å². The molecule has 146 valence electrons. The molecule has 1 aromatic heterocycles. The molecule has 0 spiro atoms. The summed E-state index contributed by atoms with van der Waals surface area (Å²) in [4.78, 5) is 12.6. The van der Waals surface area contributed by atoms with Gasteiger partial charge in [0, 0.05) is 5.02 Å². The normalized spacial score (nSPS) is 12.0. The highest BCUT2D eigenvalue weighted by Crippen LogP contribution is 2.34. The van der Waals surface area contributed by atoms with Crippen molar-refractivity contribution in [1.82, 2.24) is 14.8 Å². The Morgan fingerprint density at radius 1 is 1.14 bits per heavy atom. The zero-order chi connectivity index (χ0) is 20.3. The molecule has 28 heavy (non-hydrogen) atoms. The number of carbonyl (C=O) groups is 1. The van der Waals surface area contributed by atoms with Gasteiger partial charge in [-0.25, -0.2) is 0 Å². The fourth-order valence-corrected chi connectivity index (χ4v) is 4.30. The minimum Gasteiger partial charge on any atom is -0.323 e. The van der Waals surface area contributed by atoms with Crippen molar-refractivity contribution in [2.45, 2.75) is 30.8 Å². The van der Waals surface area contributed by atoms with Gasteiger partial charge in [0.05, 0.1) is 27.5 Å². The van der Waals surface area contributed by atoms with E-state index in [-0.39, 0.29) is 16.0 Å². The highest BCUT2D eigenvalue weighted by Gasteiger charge is 2.21. The van der Waals surface area contributed by atoms with Crippen molar-refractivity contribution in [2.75, 3.05) is 5.32 Å². The fraction of sp³-hybridized carbons (Fsp3) is 0.211. The van der Waals surface area contributed by atoms with Crippen molar-refractivity contribution in [1.29, 1.82) is 0 Å². The average molecular weight is 456 g/mol. The summed E-state index contributed by atoms with van der Waals surface area (Å²) < 4.78 is 1.98. The third-order valence-corrected chi connectivity index (χ3v) is 5.89. The van der Waals surface area contributed by atoms with Gasteiger partial charge < -0.3 is 9.88 Å². The second-order valence-electron chi connectivity index (χ2n) is 6.10. The number of thioether (sulfide) groups is 1. The van der Waals surface area contributed by atoms with Gasteiger partial charge in [0.15, 0.2) is 5.16 Å². The van der Waals surface area contributed by atoms with Crippen LogP contribution >= 0.6 is 46.6 Å². The van der Waals surface area contributed by atoms with Gasteiger partial charge in [-0.1, -0.05) is 76.9 Å². The first-order valence-corrected chi connectivity index (χ1v) is 10.4. The maximum atomic E-state index is 12.6. The van der Waals surface area contributed by atoms with E-state index in [0.717, 1.165) is 11.4 Å². The number of benzene rings is 2. The number of anilines is 1. The number of nitrogens with one attached hydrogen (secondary N) is 1. The van der Waals surface area contributed by atoms with Gasteiger partial charge in [0.25, 0.3) is 0 Å². The summed E-state index contributed by atoms with van der Waals surface area (Å²) >= 11 is 19.5. The number of amides is 1. The van der Waals surface area contributed by atoms with E-state index in [1.54, 1.807) is 6.92 Å². The predicted octanol–water partition coefficient (Wildman–Crippen LogP) is 5.71. The summed E-state index contributed by atoms with van der Waals surface area (Å²) in [6.07, 6.45) is 0. The lowest BCUT2D eigenvalue weighted by Gasteiger charge is -2.15. The first kappa shape index (κ1) is 21.0. The van der Waals surface area contributed by atoms with Gasteiger partial charge in [-0.05, 0) is 31.5 Å². The van der Waals surface area contributed by atoms with Crippen LogP contribution in [0.15, 0.2) is 47.6 Å². The van der Waals surface area contributed by atoms with Gasteiger partial charge in [0.2, 0.25) is 5.91 Å². The second kappa shape index (κ2) is 9.18. The number of carbonyl (C=O) groups excluding carboxylic acids is 1. The molecule has 0 radical (unpaired) electrons. The maximum absolute atomic E-state index is 12.6. The lowest BCUT2D eigenvalue weighted by molar-refractivity contribution is -0.115. The summed E-state index contributed by atoms with van der Waals surface area (Å²) in [6, 6.07) is 13.1. The van der Waals surface area contributed by atoms with Gasteiger partial charge in [-0.3, -0.25) is 4.79 Å². The number of nitrogens with zero attached hydrogens (tertiary/aromatic N) is 3. The van der Waals surface area contributed by atoms with Crippen LogP contribution in [0.3, 0.4) is 0 Å². The van der Waals surface area contributed by atoms with Crippen LogP contribution in [0.2, 0.25) is 15.1 Å². The van der Waals surface area contributed by atoms with Crippen molar-refractivity contribution in [3.63, 3.8) is 0 Å². The molecule has 1 heterocycles. The van der Waals surface area contributed by atoms with Gasteiger partial charge in [-0.15, -0.1) is 10.2 Å². The van der Waals surface area contributed by atoms with Crippen LogP contribution in [-0.4, -0.2) is 25.9 Å². The Kier molecular flexibility index (Phi) is 6.88. The van der Waals surface area contributed by atoms with Crippen LogP contribution in [0, 0.1) is 6.92 Å². The number of rotatable bonds is 6. The molecule has 9 heteroatoms. The molecule has 1 N–H and O–H groups in total. The van der Waals surface area contributed by atoms with E-state index in [1.807, 2.05) is 41.8 Å². The number of aromatic nitrogens is 3. The largest absolute Gasteiger partial charge is 0.323 e. The highest BCUT2D eigenvalue weighted by atomic mass is 35.5. The zero-order valence-electron chi connectivity index (χ0n) is 15.1. The molecule has 3 aromatic rings. The third kappa shape index (κ3) is 5.00. The number of halogens is 3. The lowest BCUT2D eigenvalue weighted by Crippen LogP contribution is -2.23. The monoisotopic (exact) mass is 454 g/mol. The molecule has 0 aliphatic carbocycles. The Labute approximate surface area is 182 Å². The minimum absolute atomic E-state index is 0.247. The quantitative estimate of drug-likeness (QED) is 0.483. The van der Waals surface area contributed by atoms with Gasteiger partial charge in [-0.2, -0.15) is 0 Å².